The van der Waals surface area contributed by atoms with E-state index in [0.29, 0.717) is 19.4 Å². The van der Waals surface area contributed by atoms with Crippen molar-refractivity contribution in [2.45, 2.75) is 31.4 Å². The van der Waals surface area contributed by atoms with E-state index in [-0.39, 0.29) is 18.3 Å². The van der Waals surface area contributed by atoms with Gasteiger partial charge in [-0.1, -0.05) is 0 Å². The fourth-order valence-electron chi connectivity index (χ4n) is 2.38. The molecule has 2 rings (SSSR count). The number of primary amides is 1. The zero-order valence-corrected chi connectivity index (χ0v) is 11.1. The minimum absolute atomic E-state index is 0.207. The molecule has 1 aliphatic heterocycles. The first-order chi connectivity index (χ1) is 9.77. The van der Waals surface area contributed by atoms with Crippen molar-refractivity contribution in [3.05, 3.63) is 17.7 Å². The molecule has 2 amide bonds. The van der Waals surface area contributed by atoms with Gasteiger partial charge in [-0.15, -0.1) is 0 Å². The predicted molar refractivity (Wildman–Crippen MR) is 66.0 cm³/mol. The summed E-state index contributed by atoms with van der Waals surface area (Å²) in [5, 5.41) is 0. The minimum Gasteiger partial charge on any atom is -0.369 e. The van der Waals surface area contributed by atoms with E-state index in [1.165, 1.54) is 4.90 Å². The second kappa shape index (κ2) is 5.74. The average molecular weight is 304 g/mol. The third-order valence-corrected chi connectivity index (χ3v) is 3.39. The van der Waals surface area contributed by atoms with Crippen molar-refractivity contribution >= 4 is 11.8 Å². The molecule has 0 unspecified atom stereocenters. The Bertz CT molecular complexity index is 541. The van der Waals surface area contributed by atoms with Crippen molar-refractivity contribution in [2.24, 2.45) is 5.73 Å². The lowest BCUT2D eigenvalue weighted by atomic mass is 9.97. The molecule has 1 aromatic heterocycles. The number of nitrogens with zero attached hydrogens (tertiary/aromatic N) is 2. The summed E-state index contributed by atoms with van der Waals surface area (Å²) in [6.07, 6.45) is -2.85. The second-order valence-corrected chi connectivity index (χ2v) is 5.00. The standard InChI is InChI=1S/C12H15F3N4O2/c13-12(14,15)8-5-17-11(18-8)7-2-1-3-19(6-7)10(21)4-9(16)20/h5,7H,1-4,6H2,(H2,16,20)(H,17,18)/t7-/m1/s1. The van der Waals surface area contributed by atoms with Gasteiger partial charge in [-0.3, -0.25) is 9.59 Å². The number of rotatable bonds is 3. The van der Waals surface area contributed by atoms with Crippen LogP contribution in [0.3, 0.4) is 0 Å². The normalized spacial score (nSPS) is 19.6. The molecular formula is C12H15F3N4O2. The van der Waals surface area contributed by atoms with Crippen molar-refractivity contribution in [3.8, 4) is 0 Å². The van der Waals surface area contributed by atoms with Crippen LogP contribution in [-0.4, -0.2) is 39.8 Å². The SMILES string of the molecule is NC(=O)CC(=O)N1CCC[C@@H](c2ncc(C(F)(F)F)[nH]2)C1. The van der Waals surface area contributed by atoms with Gasteiger partial charge in [0.15, 0.2) is 0 Å². The zero-order valence-electron chi connectivity index (χ0n) is 11.1. The summed E-state index contributed by atoms with van der Waals surface area (Å²) in [5.41, 5.74) is 4.06. The Morgan fingerprint density at radius 3 is 2.76 bits per heavy atom. The summed E-state index contributed by atoms with van der Waals surface area (Å²) in [4.78, 5) is 30.0. The molecule has 0 radical (unpaired) electrons. The van der Waals surface area contributed by atoms with E-state index in [9.17, 15) is 22.8 Å². The van der Waals surface area contributed by atoms with Gasteiger partial charge in [0.25, 0.3) is 0 Å². The molecule has 9 heteroatoms. The number of imidazole rings is 1. The van der Waals surface area contributed by atoms with E-state index in [0.717, 1.165) is 6.20 Å². The number of nitrogens with two attached hydrogens (primary N) is 1. The summed E-state index contributed by atoms with van der Waals surface area (Å²) in [7, 11) is 0. The number of halogens is 3. The lowest BCUT2D eigenvalue weighted by molar-refractivity contribution is -0.141. The molecule has 1 atom stereocenters. The molecule has 0 aliphatic carbocycles. The summed E-state index contributed by atoms with van der Waals surface area (Å²) in [5.74, 6) is -1.22. The third kappa shape index (κ3) is 3.73. The average Bonchev–Trinajstić information content (AvgIpc) is 2.87. The first kappa shape index (κ1) is 15.3. The van der Waals surface area contributed by atoms with Gasteiger partial charge >= 0.3 is 6.18 Å². The predicted octanol–water partition coefficient (Wildman–Crippen LogP) is 1.01. The van der Waals surface area contributed by atoms with Crippen LogP contribution < -0.4 is 5.73 Å². The highest BCUT2D eigenvalue weighted by atomic mass is 19.4. The molecule has 1 saturated heterocycles. The van der Waals surface area contributed by atoms with E-state index in [2.05, 4.69) is 9.97 Å². The van der Waals surface area contributed by atoms with E-state index < -0.39 is 30.1 Å². The number of H-pyrrole nitrogens is 1. The van der Waals surface area contributed by atoms with Crippen LogP contribution in [0.1, 0.15) is 36.7 Å². The Morgan fingerprint density at radius 1 is 1.48 bits per heavy atom. The van der Waals surface area contributed by atoms with Gasteiger partial charge in [-0.2, -0.15) is 13.2 Å². The molecule has 0 aromatic carbocycles. The number of amides is 2. The Balaban J connectivity index is 2.05. The number of carbonyl (C=O) groups excluding carboxylic acids is 2. The van der Waals surface area contributed by atoms with E-state index in [1.54, 1.807) is 0 Å². The lowest BCUT2D eigenvalue weighted by Crippen LogP contribution is -2.40. The number of likely N-dealkylation sites (tertiary alicyclic amines) is 1. The van der Waals surface area contributed by atoms with Gasteiger partial charge in [0.1, 0.15) is 17.9 Å². The van der Waals surface area contributed by atoms with Crippen LogP contribution >= 0.6 is 0 Å². The number of aromatic amines is 1. The van der Waals surface area contributed by atoms with Crippen molar-refractivity contribution < 1.29 is 22.8 Å². The van der Waals surface area contributed by atoms with Gasteiger partial charge in [0, 0.05) is 19.0 Å². The molecule has 0 saturated carbocycles. The molecule has 1 aliphatic rings. The quantitative estimate of drug-likeness (QED) is 0.816. The van der Waals surface area contributed by atoms with Crippen molar-refractivity contribution in [2.75, 3.05) is 13.1 Å². The Morgan fingerprint density at radius 2 is 2.19 bits per heavy atom. The Hall–Kier alpha value is -2.06. The lowest BCUT2D eigenvalue weighted by Gasteiger charge is -2.31. The van der Waals surface area contributed by atoms with Gasteiger partial charge < -0.3 is 15.6 Å². The molecule has 116 valence electrons. The highest BCUT2D eigenvalue weighted by Crippen LogP contribution is 2.31. The number of carbonyl (C=O) groups is 2. The monoisotopic (exact) mass is 304 g/mol. The number of aromatic nitrogens is 2. The van der Waals surface area contributed by atoms with Gasteiger partial charge in [0.2, 0.25) is 11.8 Å². The maximum atomic E-state index is 12.5. The second-order valence-electron chi connectivity index (χ2n) is 5.00. The molecule has 0 bridgehead atoms. The van der Waals surface area contributed by atoms with Crippen LogP contribution in [0.5, 0.6) is 0 Å². The van der Waals surface area contributed by atoms with Crippen LogP contribution in [-0.2, 0) is 15.8 Å². The smallest absolute Gasteiger partial charge is 0.369 e. The number of alkyl halides is 3. The molecule has 6 nitrogen and oxygen atoms in total. The van der Waals surface area contributed by atoms with E-state index in [4.69, 9.17) is 5.73 Å². The molecule has 1 aromatic rings. The Kier molecular flexibility index (Phi) is 4.19. The maximum Gasteiger partial charge on any atom is 0.432 e. The molecule has 21 heavy (non-hydrogen) atoms. The molecule has 0 spiro atoms. The van der Waals surface area contributed by atoms with Crippen LogP contribution in [0.2, 0.25) is 0 Å². The van der Waals surface area contributed by atoms with Gasteiger partial charge in [-0.05, 0) is 12.8 Å². The molecule has 2 heterocycles. The number of hydrogen-bond acceptors (Lipinski definition) is 3. The fraction of sp³-hybridized carbons (Fsp3) is 0.583. The van der Waals surface area contributed by atoms with Crippen LogP contribution in [0.15, 0.2) is 6.20 Å². The van der Waals surface area contributed by atoms with Gasteiger partial charge in [-0.25, -0.2) is 4.98 Å². The van der Waals surface area contributed by atoms with Crippen molar-refractivity contribution in [1.82, 2.24) is 14.9 Å². The summed E-state index contributed by atoms with van der Waals surface area (Å²) < 4.78 is 37.6. The third-order valence-electron chi connectivity index (χ3n) is 3.39. The summed E-state index contributed by atoms with van der Waals surface area (Å²) >= 11 is 0. The first-order valence-electron chi connectivity index (χ1n) is 6.45. The topological polar surface area (TPSA) is 92.1 Å². The van der Waals surface area contributed by atoms with Crippen LogP contribution in [0.4, 0.5) is 13.2 Å². The minimum atomic E-state index is -4.47. The van der Waals surface area contributed by atoms with Crippen LogP contribution in [0.25, 0.3) is 0 Å². The fourth-order valence-corrected chi connectivity index (χ4v) is 2.38. The van der Waals surface area contributed by atoms with E-state index >= 15 is 0 Å². The molecule has 1 fully saturated rings. The number of hydrogen-bond donors (Lipinski definition) is 2. The van der Waals surface area contributed by atoms with Crippen molar-refractivity contribution in [1.29, 1.82) is 0 Å². The summed E-state index contributed by atoms with van der Waals surface area (Å²) in [6, 6.07) is 0. The highest BCUT2D eigenvalue weighted by molar-refractivity contribution is 5.96. The van der Waals surface area contributed by atoms with Gasteiger partial charge in [0.05, 0.1) is 6.20 Å². The first-order valence-corrected chi connectivity index (χ1v) is 6.45. The zero-order chi connectivity index (χ0) is 15.6. The number of piperidine rings is 1. The van der Waals surface area contributed by atoms with E-state index in [1.807, 2.05) is 0 Å². The maximum absolute atomic E-state index is 12.5. The molecule has 3 N–H and O–H groups in total. The van der Waals surface area contributed by atoms with Crippen LogP contribution in [0, 0.1) is 0 Å². The highest BCUT2D eigenvalue weighted by Gasteiger charge is 2.34. The number of nitrogens with one attached hydrogen (secondary N) is 1. The largest absolute Gasteiger partial charge is 0.432 e. The summed E-state index contributed by atoms with van der Waals surface area (Å²) in [6.45, 7) is 0.701. The Labute approximate surface area is 118 Å². The molecular weight excluding hydrogens is 289 g/mol. The van der Waals surface area contributed by atoms with Crippen molar-refractivity contribution in [3.63, 3.8) is 0 Å².